The zero-order valence-corrected chi connectivity index (χ0v) is 11.9. The summed E-state index contributed by atoms with van der Waals surface area (Å²) in [7, 11) is 0. The van der Waals surface area contributed by atoms with Crippen LogP contribution >= 0.6 is 0 Å². The first-order chi connectivity index (χ1) is 9.58. The molecule has 5 heteroatoms. The normalized spacial score (nSPS) is 12.8. The minimum Gasteiger partial charge on any atom is -0.297 e. The second kappa shape index (κ2) is 8.22. The Balaban J connectivity index is 2.73. The van der Waals surface area contributed by atoms with Crippen LogP contribution in [0.3, 0.4) is 0 Å². The van der Waals surface area contributed by atoms with E-state index in [1.165, 1.54) is 12.2 Å². The van der Waals surface area contributed by atoms with Gasteiger partial charge in [0.15, 0.2) is 5.78 Å². The van der Waals surface area contributed by atoms with E-state index < -0.39 is 6.04 Å². The molecule has 20 heavy (non-hydrogen) atoms. The summed E-state index contributed by atoms with van der Waals surface area (Å²) in [6.07, 6.45) is 2.68. The highest BCUT2D eigenvalue weighted by atomic mass is 16.6. The van der Waals surface area contributed by atoms with Gasteiger partial charge in [-0.15, -0.1) is 0 Å². The zero-order chi connectivity index (χ0) is 15.0. The molecule has 1 rings (SSSR count). The predicted molar refractivity (Wildman–Crippen MR) is 78.5 cm³/mol. The molecule has 0 saturated heterocycles. The number of benzene rings is 1. The van der Waals surface area contributed by atoms with Crippen molar-refractivity contribution >= 4 is 5.78 Å². The van der Waals surface area contributed by atoms with Crippen molar-refractivity contribution in [2.45, 2.75) is 19.9 Å². The number of hydrogen-bond donors (Lipinski definition) is 0. The third kappa shape index (κ3) is 4.93. The Bertz CT molecular complexity index is 467. The minimum atomic E-state index is -0.859. The summed E-state index contributed by atoms with van der Waals surface area (Å²) in [4.78, 5) is 24.5. The number of likely N-dealkylation sites (N-methyl/N-ethyl adjacent to an activating group) is 1. The first-order valence-corrected chi connectivity index (χ1v) is 6.71. The summed E-state index contributed by atoms with van der Waals surface area (Å²) in [5.74, 6) is -0.211. The van der Waals surface area contributed by atoms with Gasteiger partial charge in [0.25, 0.3) is 0 Å². The van der Waals surface area contributed by atoms with Gasteiger partial charge in [-0.1, -0.05) is 44.2 Å². The fraction of sp³-hybridized carbons (Fsp3) is 0.400. The molecule has 0 aliphatic heterocycles. The Morgan fingerprint density at radius 2 is 1.90 bits per heavy atom. The summed E-state index contributed by atoms with van der Waals surface area (Å²) < 4.78 is 0. The number of nitro groups is 1. The highest BCUT2D eigenvalue weighted by Gasteiger charge is 2.19. The second-order valence-corrected chi connectivity index (χ2v) is 4.43. The van der Waals surface area contributed by atoms with Crippen molar-refractivity contribution in [2.75, 3.05) is 19.6 Å². The molecule has 1 aromatic rings. The number of hydrogen-bond acceptors (Lipinski definition) is 4. The van der Waals surface area contributed by atoms with Crippen LogP contribution in [0.25, 0.3) is 0 Å². The standard InChI is InChI=1S/C15H20N2O3/c1-3-16(4-2)12-14(17(19)20)10-11-15(18)13-8-6-5-7-9-13/h5-11,14H,3-4,12H2,1-2H3. The van der Waals surface area contributed by atoms with Gasteiger partial charge in [-0.2, -0.15) is 0 Å². The molecule has 0 radical (unpaired) electrons. The van der Waals surface area contributed by atoms with Crippen LogP contribution < -0.4 is 0 Å². The van der Waals surface area contributed by atoms with Crippen LogP contribution in [0.5, 0.6) is 0 Å². The van der Waals surface area contributed by atoms with E-state index in [0.717, 1.165) is 13.1 Å². The highest BCUT2D eigenvalue weighted by Crippen LogP contribution is 2.03. The summed E-state index contributed by atoms with van der Waals surface area (Å²) in [5, 5.41) is 11.0. The summed E-state index contributed by atoms with van der Waals surface area (Å²) in [6.45, 7) is 5.74. The molecule has 1 atom stereocenters. The van der Waals surface area contributed by atoms with Gasteiger partial charge in [-0.3, -0.25) is 19.8 Å². The van der Waals surface area contributed by atoms with Crippen LogP contribution in [0, 0.1) is 10.1 Å². The van der Waals surface area contributed by atoms with Crippen LogP contribution in [-0.2, 0) is 0 Å². The van der Waals surface area contributed by atoms with E-state index in [-0.39, 0.29) is 10.7 Å². The molecule has 0 bridgehead atoms. The number of carbonyl (C=O) groups excluding carboxylic acids is 1. The molecule has 0 amide bonds. The van der Waals surface area contributed by atoms with E-state index >= 15 is 0 Å². The SMILES string of the molecule is CCN(CC)CC(C=CC(=O)c1ccccc1)[N+](=O)[O-]. The number of nitrogens with zero attached hydrogens (tertiary/aromatic N) is 2. The van der Waals surface area contributed by atoms with Gasteiger partial charge < -0.3 is 0 Å². The lowest BCUT2D eigenvalue weighted by Gasteiger charge is -2.18. The van der Waals surface area contributed by atoms with E-state index in [1.54, 1.807) is 24.3 Å². The Kier molecular flexibility index (Phi) is 6.59. The van der Waals surface area contributed by atoms with Crippen molar-refractivity contribution in [3.63, 3.8) is 0 Å². The summed E-state index contributed by atoms with van der Waals surface area (Å²) in [5.41, 5.74) is 0.536. The van der Waals surface area contributed by atoms with Crippen molar-refractivity contribution in [1.82, 2.24) is 4.90 Å². The fourth-order valence-electron chi connectivity index (χ4n) is 1.84. The lowest BCUT2D eigenvalue weighted by Crippen LogP contribution is -2.35. The molecule has 0 heterocycles. The van der Waals surface area contributed by atoms with E-state index in [1.807, 2.05) is 24.8 Å². The van der Waals surface area contributed by atoms with E-state index in [2.05, 4.69) is 0 Å². The lowest BCUT2D eigenvalue weighted by molar-refractivity contribution is -0.509. The van der Waals surface area contributed by atoms with Crippen LogP contribution in [0.1, 0.15) is 24.2 Å². The molecular weight excluding hydrogens is 256 g/mol. The molecule has 0 fully saturated rings. The molecule has 0 aliphatic carbocycles. The topological polar surface area (TPSA) is 63.5 Å². The van der Waals surface area contributed by atoms with Gasteiger partial charge in [-0.05, 0) is 25.2 Å². The molecule has 0 aromatic heterocycles. The van der Waals surface area contributed by atoms with Gasteiger partial charge in [0, 0.05) is 10.5 Å². The maximum atomic E-state index is 11.9. The molecule has 0 spiro atoms. The van der Waals surface area contributed by atoms with Crippen LogP contribution in [0.2, 0.25) is 0 Å². The molecule has 1 unspecified atom stereocenters. The average Bonchev–Trinajstić information content (AvgIpc) is 2.47. The monoisotopic (exact) mass is 276 g/mol. The number of rotatable bonds is 8. The largest absolute Gasteiger partial charge is 0.297 e. The minimum absolute atomic E-state index is 0.211. The maximum Gasteiger partial charge on any atom is 0.244 e. The van der Waals surface area contributed by atoms with Crippen LogP contribution in [0.4, 0.5) is 0 Å². The number of allylic oxidation sites excluding steroid dienone is 1. The summed E-state index contributed by atoms with van der Waals surface area (Å²) >= 11 is 0. The van der Waals surface area contributed by atoms with Gasteiger partial charge in [-0.25, -0.2) is 0 Å². The fourth-order valence-corrected chi connectivity index (χ4v) is 1.84. The third-order valence-corrected chi connectivity index (χ3v) is 3.14. The molecular formula is C15H20N2O3. The Hall–Kier alpha value is -2.01. The summed E-state index contributed by atoms with van der Waals surface area (Å²) in [6, 6.07) is 7.88. The number of ketones is 1. The van der Waals surface area contributed by atoms with Crippen molar-refractivity contribution in [2.24, 2.45) is 0 Å². The van der Waals surface area contributed by atoms with Crippen molar-refractivity contribution in [3.05, 3.63) is 58.2 Å². The van der Waals surface area contributed by atoms with Gasteiger partial charge >= 0.3 is 0 Å². The van der Waals surface area contributed by atoms with Gasteiger partial charge in [0.05, 0.1) is 6.54 Å². The van der Waals surface area contributed by atoms with E-state index in [9.17, 15) is 14.9 Å². The molecule has 0 saturated carbocycles. The maximum absolute atomic E-state index is 11.9. The van der Waals surface area contributed by atoms with Gasteiger partial charge in [0.1, 0.15) is 0 Å². The Labute approximate surface area is 119 Å². The zero-order valence-electron chi connectivity index (χ0n) is 11.9. The average molecular weight is 276 g/mol. The third-order valence-electron chi connectivity index (χ3n) is 3.14. The van der Waals surface area contributed by atoms with Crippen LogP contribution in [-0.4, -0.2) is 41.3 Å². The van der Waals surface area contributed by atoms with Crippen molar-refractivity contribution < 1.29 is 9.72 Å². The molecule has 0 N–H and O–H groups in total. The second-order valence-electron chi connectivity index (χ2n) is 4.43. The van der Waals surface area contributed by atoms with Gasteiger partial charge in [0.2, 0.25) is 6.04 Å². The first kappa shape index (κ1) is 16.0. The quantitative estimate of drug-likeness (QED) is 0.316. The molecule has 1 aromatic carbocycles. The molecule has 5 nitrogen and oxygen atoms in total. The first-order valence-electron chi connectivity index (χ1n) is 6.71. The number of carbonyl (C=O) groups is 1. The molecule has 0 aliphatic rings. The predicted octanol–water partition coefficient (Wildman–Crippen LogP) is 2.41. The smallest absolute Gasteiger partial charge is 0.244 e. The lowest BCUT2D eigenvalue weighted by atomic mass is 10.1. The molecule has 108 valence electrons. The Morgan fingerprint density at radius 1 is 1.30 bits per heavy atom. The van der Waals surface area contributed by atoms with Crippen molar-refractivity contribution in [3.8, 4) is 0 Å². The van der Waals surface area contributed by atoms with E-state index in [0.29, 0.717) is 12.1 Å². The highest BCUT2D eigenvalue weighted by molar-refractivity contribution is 6.04. The Morgan fingerprint density at radius 3 is 2.40 bits per heavy atom. The van der Waals surface area contributed by atoms with Crippen molar-refractivity contribution in [1.29, 1.82) is 0 Å². The van der Waals surface area contributed by atoms with E-state index in [4.69, 9.17) is 0 Å². The van der Waals surface area contributed by atoms with Crippen LogP contribution in [0.15, 0.2) is 42.5 Å².